The van der Waals surface area contributed by atoms with E-state index in [0.717, 1.165) is 11.0 Å². The highest BCUT2D eigenvalue weighted by Crippen LogP contribution is 2.27. The molecule has 5 heteroatoms. The molecule has 94 valence electrons. The maximum atomic E-state index is 5.90. The third-order valence-corrected chi connectivity index (χ3v) is 2.81. The van der Waals surface area contributed by atoms with Crippen LogP contribution in [0.15, 0.2) is 48.5 Å². The molecule has 1 heterocycles. The second-order valence-corrected chi connectivity index (χ2v) is 4.40. The largest absolute Gasteiger partial charge is 0.436 e. The van der Waals surface area contributed by atoms with E-state index in [0.29, 0.717) is 10.8 Å². The van der Waals surface area contributed by atoms with Crippen molar-refractivity contribution in [3.8, 4) is 11.6 Å². The van der Waals surface area contributed by atoms with Crippen molar-refractivity contribution < 1.29 is 4.74 Å². The number of nitrogens with zero attached hydrogens (tertiary/aromatic N) is 2. The van der Waals surface area contributed by atoms with Gasteiger partial charge in [0.15, 0.2) is 5.82 Å². The smallest absolute Gasteiger partial charge is 0.263 e. The minimum atomic E-state index is 0.249. The molecular formula is C14H10ClN3O. The molecule has 0 bridgehead atoms. The molecule has 2 aromatic carbocycles. The van der Waals surface area contributed by atoms with Gasteiger partial charge in [-0.25, -0.2) is 9.97 Å². The van der Waals surface area contributed by atoms with Crippen LogP contribution in [0.1, 0.15) is 0 Å². The lowest BCUT2D eigenvalue weighted by Gasteiger charge is -2.08. The molecule has 4 nitrogen and oxygen atoms in total. The Hall–Kier alpha value is -2.33. The number of rotatable bonds is 2. The Morgan fingerprint density at radius 1 is 0.947 bits per heavy atom. The van der Waals surface area contributed by atoms with Crippen molar-refractivity contribution in [2.45, 2.75) is 0 Å². The van der Waals surface area contributed by atoms with Crippen molar-refractivity contribution in [1.82, 2.24) is 9.97 Å². The molecule has 0 atom stereocenters. The first kappa shape index (κ1) is 11.7. The predicted molar refractivity (Wildman–Crippen MR) is 75.5 cm³/mol. The first-order valence-electron chi connectivity index (χ1n) is 5.68. The monoisotopic (exact) mass is 271 g/mol. The maximum Gasteiger partial charge on any atom is 0.263 e. The lowest BCUT2D eigenvalue weighted by atomic mass is 10.3. The van der Waals surface area contributed by atoms with Gasteiger partial charge in [0.1, 0.15) is 5.75 Å². The lowest BCUT2D eigenvalue weighted by Crippen LogP contribution is -1.99. The topological polar surface area (TPSA) is 61.0 Å². The molecule has 0 aliphatic carbocycles. The molecule has 0 spiro atoms. The van der Waals surface area contributed by atoms with E-state index in [2.05, 4.69) is 9.97 Å². The van der Waals surface area contributed by atoms with Gasteiger partial charge in [-0.1, -0.05) is 29.8 Å². The molecule has 0 aliphatic heterocycles. The average Bonchev–Trinajstić information content (AvgIpc) is 2.40. The summed E-state index contributed by atoms with van der Waals surface area (Å²) in [5, 5.41) is 0.588. The van der Waals surface area contributed by atoms with Gasteiger partial charge in [0.25, 0.3) is 5.88 Å². The number of para-hydroxylation sites is 2. The van der Waals surface area contributed by atoms with E-state index in [1.54, 1.807) is 24.3 Å². The van der Waals surface area contributed by atoms with E-state index in [-0.39, 0.29) is 11.7 Å². The average molecular weight is 272 g/mol. The van der Waals surface area contributed by atoms with Crippen LogP contribution in [-0.4, -0.2) is 9.97 Å². The van der Waals surface area contributed by atoms with Crippen LogP contribution in [0.3, 0.4) is 0 Å². The second kappa shape index (κ2) is 4.74. The van der Waals surface area contributed by atoms with Gasteiger partial charge in [0.2, 0.25) is 0 Å². The third-order valence-electron chi connectivity index (χ3n) is 2.57. The number of fused-ring (bicyclic) bond motifs is 1. The molecule has 2 N–H and O–H groups in total. The minimum absolute atomic E-state index is 0.249. The van der Waals surface area contributed by atoms with Gasteiger partial charge in [-0.3, -0.25) is 0 Å². The summed E-state index contributed by atoms with van der Waals surface area (Å²) in [6, 6.07) is 14.5. The maximum absolute atomic E-state index is 5.90. The number of hydrogen-bond acceptors (Lipinski definition) is 4. The summed E-state index contributed by atoms with van der Waals surface area (Å²) in [5.74, 6) is 1.10. The molecule has 0 saturated carbocycles. The molecule has 3 rings (SSSR count). The van der Waals surface area contributed by atoms with Gasteiger partial charge in [-0.15, -0.1) is 0 Å². The summed E-state index contributed by atoms with van der Waals surface area (Å²) in [4.78, 5) is 8.60. The van der Waals surface area contributed by atoms with Crippen LogP contribution < -0.4 is 10.5 Å². The Morgan fingerprint density at radius 2 is 1.68 bits per heavy atom. The zero-order valence-corrected chi connectivity index (χ0v) is 10.6. The van der Waals surface area contributed by atoms with E-state index in [9.17, 15) is 0 Å². The van der Waals surface area contributed by atoms with Gasteiger partial charge < -0.3 is 10.5 Å². The van der Waals surface area contributed by atoms with Gasteiger partial charge in [-0.2, -0.15) is 0 Å². The number of hydrogen-bond donors (Lipinski definition) is 1. The Balaban J connectivity index is 2.03. The molecule has 0 unspecified atom stereocenters. The zero-order valence-electron chi connectivity index (χ0n) is 9.88. The Labute approximate surface area is 114 Å². The lowest BCUT2D eigenvalue weighted by molar-refractivity contribution is 0.466. The van der Waals surface area contributed by atoms with Crippen LogP contribution in [0.2, 0.25) is 5.02 Å². The number of aromatic nitrogens is 2. The number of nitrogen functional groups attached to an aromatic ring is 1. The minimum Gasteiger partial charge on any atom is -0.436 e. The van der Waals surface area contributed by atoms with Crippen molar-refractivity contribution in [3.05, 3.63) is 53.6 Å². The Kier molecular flexibility index (Phi) is 2.93. The fourth-order valence-corrected chi connectivity index (χ4v) is 1.90. The van der Waals surface area contributed by atoms with Crippen molar-refractivity contribution in [2.75, 3.05) is 5.73 Å². The van der Waals surface area contributed by atoms with E-state index < -0.39 is 0 Å². The standard InChI is InChI=1S/C14H10ClN3O/c15-9-4-3-5-10(8-9)19-14-13(16)17-11-6-1-2-7-12(11)18-14/h1-8H,(H2,16,17). The molecule has 0 fully saturated rings. The number of ether oxygens (including phenoxy) is 1. The third kappa shape index (κ3) is 2.44. The normalized spacial score (nSPS) is 10.6. The molecule has 0 aliphatic rings. The van der Waals surface area contributed by atoms with Crippen molar-refractivity contribution in [3.63, 3.8) is 0 Å². The highest BCUT2D eigenvalue weighted by Gasteiger charge is 2.08. The predicted octanol–water partition coefficient (Wildman–Crippen LogP) is 3.66. The van der Waals surface area contributed by atoms with Crippen LogP contribution in [0.25, 0.3) is 11.0 Å². The van der Waals surface area contributed by atoms with Crippen LogP contribution >= 0.6 is 11.6 Å². The molecular weight excluding hydrogens is 262 g/mol. The molecule has 3 aromatic rings. The summed E-state index contributed by atoms with van der Waals surface area (Å²) in [7, 11) is 0. The number of benzene rings is 2. The summed E-state index contributed by atoms with van der Waals surface area (Å²) >= 11 is 5.90. The summed E-state index contributed by atoms with van der Waals surface area (Å²) in [5.41, 5.74) is 7.31. The fourth-order valence-electron chi connectivity index (χ4n) is 1.71. The first-order chi connectivity index (χ1) is 9.22. The number of halogens is 1. The van der Waals surface area contributed by atoms with Gasteiger partial charge >= 0.3 is 0 Å². The second-order valence-electron chi connectivity index (χ2n) is 3.96. The number of nitrogens with two attached hydrogens (primary N) is 1. The Morgan fingerprint density at radius 3 is 2.42 bits per heavy atom. The highest BCUT2D eigenvalue weighted by atomic mass is 35.5. The number of anilines is 1. The molecule has 0 saturated heterocycles. The van der Waals surface area contributed by atoms with Crippen molar-refractivity contribution in [2.24, 2.45) is 0 Å². The summed E-state index contributed by atoms with van der Waals surface area (Å²) in [6.45, 7) is 0. The molecule has 1 aromatic heterocycles. The Bertz CT molecular complexity index is 746. The van der Waals surface area contributed by atoms with Crippen LogP contribution in [0.5, 0.6) is 11.6 Å². The zero-order chi connectivity index (χ0) is 13.2. The van der Waals surface area contributed by atoms with Gasteiger partial charge in [0, 0.05) is 5.02 Å². The molecule has 19 heavy (non-hydrogen) atoms. The van der Waals surface area contributed by atoms with Gasteiger partial charge in [-0.05, 0) is 30.3 Å². The van der Waals surface area contributed by atoms with Crippen LogP contribution in [0.4, 0.5) is 5.82 Å². The van der Waals surface area contributed by atoms with E-state index >= 15 is 0 Å². The first-order valence-corrected chi connectivity index (χ1v) is 6.06. The molecule has 0 radical (unpaired) electrons. The van der Waals surface area contributed by atoms with E-state index in [4.69, 9.17) is 22.1 Å². The fraction of sp³-hybridized carbons (Fsp3) is 0. The quantitative estimate of drug-likeness (QED) is 0.773. The van der Waals surface area contributed by atoms with Crippen LogP contribution in [-0.2, 0) is 0 Å². The van der Waals surface area contributed by atoms with E-state index in [1.165, 1.54) is 0 Å². The summed E-state index contributed by atoms with van der Waals surface area (Å²) in [6.07, 6.45) is 0. The summed E-state index contributed by atoms with van der Waals surface area (Å²) < 4.78 is 5.62. The SMILES string of the molecule is Nc1nc2ccccc2nc1Oc1cccc(Cl)c1. The van der Waals surface area contributed by atoms with Crippen molar-refractivity contribution in [1.29, 1.82) is 0 Å². The highest BCUT2D eigenvalue weighted by molar-refractivity contribution is 6.30. The van der Waals surface area contributed by atoms with Crippen molar-refractivity contribution >= 4 is 28.5 Å². The molecule has 0 amide bonds. The van der Waals surface area contributed by atoms with E-state index in [1.807, 2.05) is 24.3 Å². The van der Waals surface area contributed by atoms with Crippen LogP contribution in [0, 0.1) is 0 Å². The van der Waals surface area contributed by atoms with Gasteiger partial charge in [0.05, 0.1) is 11.0 Å².